The lowest BCUT2D eigenvalue weighted by Crippen LogP contribution is -2.43. The summed E-state index contributed by atoms with van der Waals surface area (Å²) in [5, 5.41) is 7.93. The van der Waals surface area contributed by atoms with Gasteiger partial charge in [0.1, 0.15) is 11.5 Å². The Labute approximate surface area is 179 Å². The van der Waals surface area contributed by atoms with E-state index >= 15 is 0 Å². The number of amidine groups is 1. The predicted octanol–water partition coefficient (Wildman–Crippen LogP) is 4.02. The number of carbonyl (C=O) groups is 1. The fourth-order valence-electron chi connectivity index (χ4n) is 4.57. The first-order valence-electron chi connectivity index (χ1n) is 10.1. The summed E-state index contributed by atoms with van der Waals surface area (Å²) >= 11 is 0. The number of rotatable bonds is 3. The number of piperidine rings is 1. The van der Waals surface area contributed by atoms with E-state index in [0.717, 1.165) is 11.0 Å². The van der Waals surface area contributed by atoms with Gasteiger partial charge in [-0.05, 0) is 30.4 Å². The van der Waals surface area contributed by atoms with Crippen LogP contribution in [0.3, 0.4) is 0 Å². The van der Waals surface area contributed by atoms with Crippen LogP contribution in [0.2, 0.25) is 0 Å². The summed E-state index contributed by atoms with van der Waals surface area (Å²) in [7, 11) is 0. The molecule has 4 rings (SSSR count). The number of likely N-dealkylation sites (tertiary alicyclic amines) is 1. The zero-order valence-electron chi connectivity index (χ0n) is 16.9. The van der Waals surface area contributed by atoms with E-state index in [1.807, 2.05) is 0 Å². The van der Waals surface area contributed by atoms with Crippen LogP contribution >= 0.6 is 0 Å². The predicted molar refractivity (Wildman–Crippen MR) is 105 cm³/mol. The quantitative estimate of drug-likeness (QED) is 0.696. The lowest BCUT2D eigenvalue weighted by Gasteiger charge is -2.33. The number of nitrogens with zero attached hydrogens (tertiary/aromatic N) is 3. The van der Waals surface area contributed by atoms with Crippen LogP contribution in [0.15, 0.2) is 40.4 Å². The molecule has 1 aromatic carbocycles. The van der Waals surface area contributed by atoms with Crippen LogP contribution in [-0.4, -0.2) is 66.2 Å². The molecule has 0 spiro atoms. The largest absolute Gasteiger partial charge is 0.416 e. The van der Waals surface area contributed by atoms with Gasteiger partial charge in [-0.25, -0.2) is 4.99 Å². The molecule has 32 heavy (non-hydrogen) atoms. The smallest absolute Gasteiger partial charge is 0.337 e. The van der Waals surface area contributed by atoms with E-state index in [2.05, 4.69) is 4.99 Å². The normalized spacial score (nSPS) is 20.8. The highest BCUT2D eigenvalue weighted by molar-refractivity contribution is 6.50. The highest BCUT2D eigenvalue weighted by Crippen LogP contribution is 2.39. The standard InChI is InChI=1S/C21H20F6N4O/c22-20(23,24)11-30-9-14-15(10-30)18(28)29-17(14)19(32)31-7-5-12(6-8-31)13-3-1-2-4-16(13)21(25,26)27/h1-4,12,28H,5-11H2. The minimum absolute atomic E-state index is 0.0242. The molecule has 0 bridgehead atoms. The lowest BCUT2D eigenvalue weighted by molar-refractivity contribution is -0.143. The molecule has 0 atom stereocenters. The second kappa shape index (κ2) is 8.02. The Hall–Kier alpha value is -2.69. The first-order valence-corrected chi connectivity index (χ1v) is 10.1. The van der Waals surface area contributed by atoms with E-state index in [4.69, 9.17) is 5.41 Å². The summed E-state index contributed by atoms with van der Waals surface area (Å²) in [5.74, 6) is -1.05. The van der Waals surface area contributed by atoms with Crippen LogP contribution in [0.1, 0.15) is 29.9 Å². The molecule has 5 nitrogen and oxygen atoms in total. The van der Waals surface area contributed by atoms with Crippen LogP contribution in [-0.2, 0) is 11.0 Å². The number of aliphatic imine (C=N–C) groups is 1. The zero-order valence-corrected chi connectivity index (χ0v) is 16.9. The Morgan fingerprint density at radius 1 is 1.03 bits per heavy atom. The summed E-state index contributed by atoms with van der Waals surface area (Å²) < 4.78 is 78.1. The monoisotopic (exact) mass is 458 g/mol. The highest BCUT2D eigenvalue weighted by Gasteiger charge is 2.41. The second-order valence-electron chi connectivity index (χ2n) is 8.18. The molecular weight excluding hydrogens is 438 g/mol. The molecule has 1 N–H and O–H groups in total. The summed E-state index contributed by atoms with van der Waals surface area (Å²) in [6, 6.07) is 5.40. The minimum atomic E-state index is -4.46. The van der Waals surface area contributed by atoms with E-state index in [0.29, 0.717) is 24.0 Å². The summed E-state index contributed by atoms with van der Waals surface area (Å²) in [5.41, 5.74) is 0.170. The van der Waals surface area contributed by atoms with Gasteiger partial charge in [-0.1, -0.05) is 18.2 Å². The molecule has 172 valence electrons. The van der Waals surface area contributed by atoms with Crippen molar-refractivity contribution in [2.24, 2.45) is 4.99 Å². The van der Waals surface area contributed by atoms with Crippen LogP contribution < -0.4 is 0 Å². The fraction of sp³-hybridized carbons (Fsp3) is 0.476. The number of benzene rings is 1. The van der Waals surface area contributed by atoms with Gasteiger partial charge in [-0.2, -0.15) is 26.3 Å². The molecule has 0 saturated carbocycles. The second-order valence-corrected chi connectivity index (χ2v) is 8.18. The van der Waals surface area contributed by atoms with Crippen molar-refractivity contribution in [1.82, 2.24) is 9.80 Å². The van der Waals surface area contributed by atoms with Crippen molar-refractivity contribution >= 4 is 17.5 Å². The fourth-order valence-corrected chi connectivity index (χ4v) is 4.57. The summed E-state index contributed by atoms with van der Waals surface area (Å²) in [6.45, 7) is -0.936. The lowest BCUT2D eigenvalue weighted by atomic mass is 9.86. The Morgan fingerprint density at radius 2 is 1.66 bits per heavy atom. The number of nitrogens with one attached hydrogen (secondary N) is 1. The van der Waals surface area contributed by atoms with Crippen LogP contribution in [0, 0.1) is 5.41 Å². The molecule has 0 aromatic heterocycles. The zero-order chi connectivity index (χ0) is 23.3. The number of amides is 1. The van der Waals surface area contributed by atoms with Gasteiger partial charge in [0.2, 0.25) is 0 Å². The highest BCUT2D eigenvalue weighted by atomic mass is 19.4. The molecule has 1 saturated heterocycles. The average Bonchev–Trinajstić information content (AvgIpc) is 3.25. The van der Waals surface area contributed by atoms with E-state index in [1.165, 1.54) is 17.0 Å². The maximum atomic E-state index is 13.3. The van der Waals surface area contributed by atoms with Crippen LogP contribution in [0.25, 0.3) is 0 Å². The number of alkyl halides is 6. The number of hydrogen-bond acceptors (Lipinski definition) is 3. The van der Waals surface area contributed by atoms with Gasteiger partial charge in [0.25, 0.3) is 5.91 Å². The van der Waals surface area contributed by atoms with Crippen molar-refractivity contribution in [2.45, 2.75) is 31.1 Å². The molecule has 3 heterocycles. The number of halogens is 6. The van der Waals surface area contributed by atoms with Crippen molar-refractivity contribution in [3.05, 3.63) is 46.5 Å². The molecule has 1 amide bonds. The third-order valence-corrected chi connectivity index (χ3v) is 6.02. The SMILES string of the molecule is N=C1N=C(C(=O)N2CCC(c3ccccc3C(F)(F)F)CC2)C2=C1CN(CC(F)(F)F)C2. The van der Waals surface area contributed by atoms with E-state index < -0.39 is 30.4 Å². The van der Waals surface area contributed by atoms with Gasteiger partial charge in [0, 0.05) is 37.3 Å². The third kappa shape index (κ3) is 4.43. The molecule has 0 unspecified atom stereocenters. The van der Waals surface area contributed by atoms with Crippen LogP contribution in [0.4, 0.5) is 26.3 Å². The maximum absolute atomic E-state index is 13.3. The Bertz CT molecular complexity index is 1000. The Kier molecular flexibility index (Phi) is 5.64. The maximum Gasteiger partial charge on any atom is 0.416 e. The molecule has 3 aliphatic heterocycles. The van der Waals surface area contributed by atoms with E-state index in [1.54, 1.807) is 6.07 Å². The van der Waals surface area contributed by atoms with Crippen molar-refractivity contribution < 1.29 is 31.1 Å². The van der Waals surface area contributed by atoms with Crippen molar-refractivity contribution in [1.29, 1.82) is 5.41 Å². The molecular formula is C21H20F6N4O. The van der Waals surface area contributed by atoms with Gasteiger partial charge >= 0.3 is 12.4 Å². The Morgan fingerprint density at radius 3 is 2.28 bits per heavy atom. The van der Waals surface area contributed by atoms with Gasteiger partial charge in [-0.15, -0.1) is 0 Å². The molecule has 1 aromatic rings. The molecule has 0 radical (unpaired) electrons. The van der Waals surface area contributed by atoms with Gasteiger partial charge < -0.3 is 4.90 Å². The van der Waals surface area contributed by atoms with E-state index in [9.17, 15) is 31.1 Å². The summed E-state index contributed by atoms with van der Waals surface area (Å²) in [6.07, 6.45) is -8.20. The van der Waals surface area contributed by atoms with Crippen molar-refractivity contribution in [3.63, 3.8) is 0 Å². The van der Waals surface area contributed by atoms with Gasteiger partial charge in [-0.3, -0.25) is 15.1 Å². The van der Waals surface area contributed by atoms with Gasteiger partial charge in [0.05, 0.1) is 12.1 Å². The molecule has 1 fully saturated rings. The molecule has 11 heteroatoms. The number of hydrogen-bond donors (Lipinski definition) is 1. The van der Waals surface area contributed by atoms with Crippen molar-refractivity contribution in [3.8, 4) is 0 Å². The number of carbonyl (C=O) groups excluding carboxylic acids is 1. The Balaban J connectivity index is 1.43. The first-order chi connectivity index (χ1) is 14.9. The van der Waals surface area contributed by atoms with Gasteiger partial charge in [0.15, 0.2) is 0 Å². The molecule has 0 aliphatic carbocycles. The summed E-state index contributed by atoms with van der Waals surface area (Å²) in [4.78, 5) is 19.5. The molecule has 3 aliphatic rings. The minimum Gasteiger partial charge on any atom is -0.337 e. The van der Waals surface area contributed by atoms with Crippen LogP contribution in [0.5, 0.6) is 0 Å². The topological polar surface area (TPSA) is 59.8 Å². The van der Waals surface area contributed by atoms with Crippen molar-refractivity contribution in [2.75, 3.05) is 32.7 Å². The average molecular weight is 458 g/mol. The third-order valence-electron chi connectivity index (χ3n) is 6.02. The van der Waals surface area contributed by atoms with E-state index in [-0.39, 0.29) is 49.2 Å². The first kappa shape index (κ1) is 22.5.